The van der Waals surface area contributed by atoms with Crippen LogP contribution in [0.5, 0.6) is 0 Å². The third-order valence-electron chi connectivity index (χ3n) is 3.85. The largest absolute Gasteiger partial charge is 0.329 e. The predicted molar refractivity (Wildman–Crippen MR) is 81.9 cm³/mol. The maximum Gasteiger partial charge on any atom is 0.0501 e. The van der Waals surface area contributed by atoms with Crippen LogP contribution >= 0.6 is 23.2 Å². The monoisotopic (exact) mass is 301 g/mol. The molecule has 0 saturated carbocycles. The van der Waals surface area contributed by atoms with Crippen LogP contribution in [0.25, 0.3) is 0 Å². The van der Waals surface area contributed by atoms with Crippen molar-refractivity contribution in [3.63, 3.8) is 0 Å². The maximum absolute atomic E-state index is 6.30. The Labute approximate surface area is 125 Å². The second-order valence-corrected chi connectivity index (χ2v) is 5.67. The lowest BCUT2D eigenvalue weighted by Gasteiger charge is -2.39. The minimum absolute atomic E-state index is 0.111. The number of hydrogen-bond donors (Lipinski definition) is 1. The van der Waals surface area contributed by atoms with Crippen LogP contribution < -0.4 is 5.73 Å². The van der Waals surface area contributed by atoms with E-state index in [0.29, 0.717) is 16.6 Å². The van der Waals surface area contributed by atoms with Crippen LogP contribution in [0.3, 0.4) is 0 Å². The lowest BCUT2D eigenvalue weighted by molar-refractivity contribution is 0.102. The Morgan fingerprint density at radius 2 is 1.74 bits per heavy atom. The molecule has 1 fully saturated rings. The van der Waals surface area contributed by atoms with E-state index in [1.165, 1.54) is 0 Å². The summed E-state index contributed by atoms with van der Waals surface area (Å²) in [6.07, 6.45) is 0. The molecule has 3 nitrogen and oxygen atoms in total. The molecule has 2 rings (SSSR count). The van der Waals surface area contributed by atoms with Crippen molar-refractivity contribution in [3.05, 3.63) is 33.8 Å². The van der Waals surface area contributed by atoms with Crippen LogP contribution in [-0.2, 0) is 0 Å². The second-order valence-electron chi connectivity index (χ2n) is 4.86. The summed E-state index contributed by atoms with van der Waals surface area (Å²) in [5.41, 5.74) is 6.94. The van der Waals surface area contributed by atoms with Crippen molar-refractivity contribution < 1.29 is 0 Å². The number of likely N-dealkylation sites (N-methyl/N-ethyl adjacent to an activating group) is 1. The number of halogens is 2. The van der Waals surface area contributed by atoms with Crippen molar-refractivity contribution >= 4 is 23.2 Å². The van der Waals surface area contributed by atoms with Gasteiger partial charge in [-0.2, -0.15) is 0 Å². The molecule has 1 aromatic rings. The van der Waals surface area contributed by atoms with Gasteiger partial charge in [-0.15, -0.1) is 0 Å². The van der Waals surface area contributed by atoms with E-state index in [-0.39, 0.29) is 6.04 Å². The highest BCUT2D eigenvalue weighted by molar-refractivity contribution is 6.36. The molecule has 0 radical (unpaired) electrons. The van der Waals surface area contributed by atoms with Gasteiger partial charge < -0.3 is 10.6 Å². The Morgan fingerprint density at radius 1 is 1.16 bits per heavy atom. The van der Waals surface area contributed by atoms with Crippen molar-refractivity contribution in [3.8, 4) is 0 Å². The molecule has 106 valence electrons. The van der Waals surface area contributed by atoms with Gasteiger partial charge in [0.2, 0.25) is 0 Å². The molecule has 1 aliphatic rings. The number of rotatable bonds is 4. The quantitative estimate of drug-likeness (QED) is 0.928. The van der Waals surface area contributed by atoms with Gasteiger partial charge in [0.15, 0.2) is 0 Å². The minimum Gasteiger partial charge on any atom is -0.329 e. The predicted octanol–water partition coefficient (Wildman–Crippen LogP) is 2.63. The first-order valence-electron chi connectivity index (χ1n) is 6.77. The van der Waals surface area contributed by atoms with E-state index < -0.39 is 0 Å². The molecule has 0 aromatic heterocycles. The molecule has 0 spiro atoms. The molecule has 1 saturated heterocycles. The fourth-order valence-electron chi connectivity index (χ4n) is 2.67. The Morgan fingerprint density at radius 3 is 2.21 bits per heavy atom. The smallest absolute Gasteiger partial charge is 0.0501 e. The maximum atomic E-state index is 6.30. The van der Waals surface area contributed by atoms with E-state index in [4.69, 9.17) is 28.9 Å². The van der Waals surface area contributed by atoms with E-state index in [1.807, 2.05) is 18.2 Å². The third kappa shape index (κ3) is 3.41. The Kier molecular flexibility index (Phi) is 5.48. The first-order valence-corrected chi connectivity index (χ1v) is 7.53. The summed E-state index contributed by atoms with van der Waals surface area (Å²) in [5, 5.41) is 1.42. The summed E-state index contributed by atoms with van der Waals surface area (Å²) < 4.78 is 0. The summed E-state index contributed by atoms with van der Waals surface area (Å²) in [4.78, 5) is 4.83. The van der Waals surface area contributed by atoms with E-state index in [9.17, 15) is 0 Å². The molecule has 1 aliphatic heterocycles. The highest BCUT2D eigenvalue weighted by Gasteiger charge is 2.26. The van der Waals surface area contributed by atoms with Crippen LogP contribution in [0.4, 0.5) is 0 Å². The summed E-state index contributed by atoms with van der Waals surface area (Å²) in [5.74, 6) is 0. The molecular weight excluding hydrogens is 281 g/mol. The fraction of sp³-hybridized carbons (Fsp3) is 0.571. The lowest BCUT2D eigenvalue weighted by Crippen LogP contribution is -2.48. The SMILES string of the molecule is CCN1CCN(C(CN)c2c(Cl)cccc2Cl)CC1. The molecule has 1 unspecified atom stereocenters. The number of hydrogen-bond acceptors (Lipinski definition) is 3. The average molecular weight is 302 g/mol. The van der Waals surface area contributed by atoms with Crippen molar-refractivity contribution in [2.75, 3.05) is 39.3 Å². The topological polar surface area (TPSA) is 32.5 Å². The van der Waals surface area contributed by atoms with Gasteiger partial charge in [-0.3, -0.25) is 4.90 Å². The number of piperazine rings is 1. The number of benzene rings is 1. The minimum atomic E-state index is 0.111. The highest BCUT2D eigenvalue weighted by atomic mass is 35.5. The standard InChI is InChI=1S/C14H21Cl2N3/c1-2-18-6-8-19(9-7-18)13(10-17)14-11(15)4-3-5-12(14)16/h3-5,13H,2,6-10,17H2,1H3. The fourth-order valence-corrected chi connectivity index (χ4v) is 3.32. The zero-order valence-corrected chi connectivity index (χ0v) is 12.8. The molecule has 19 heavy (non-hydrogen) atoms. The van der Waals surface area contributed by atoms with Gasteiger partial charge in [-0.1, -0.05) is 36.2 Å². The van der Waals surface area contributed by atoms with E-state index in [0.717, 1.165) is 38.3 Å². The van der Waals surface area contributed by atoms with Crippen molar-refractivity contribution in [1.82, 2.24) is 9.80 Å². The average Bonchev–Trinajstić information content (AvgIpc) is 2.43. The lowest BCUT2D eigenvalue weighted by atomic mass is 10.0. The van der Waals surface area contributed by atoms with Crippen LogP contribution in [-0.4, -0.2) is 49.1 Å². The number of nitrogens with two attached hydrogens (primary N) is 1. The normalized spacial score (nSPS) is 19.6. The summed E-state index contributed by atoms with van der Waals surface area (Å²) >= 11 is 12.6. The molecular formula is C14H21Cl2N3. The first-order chi connectivity index (χ1) is 9.17. The Hall–Kier alpha value is -0.320. The Balaban J connectivity index is 2.17. The molecule has 1 heterocycles. The summed E-state index contributed by atoms with van der Waals surface area (Å²) in [6, 6.07) is 5.75. The third-order valence-corrected chi connectivity index (χ3v) is 4.51. The Bertz CT molecular complexity index is 397. The van der Waals surface area contributed by atoms with Gasteiger partial charge in [0, 0.05) is 48.3 Å². The molecule has 0 aliphatic carbocycles. The van der Waals surface area contributed by atoms with Gasteiger partial charge in [-0.05, 0) is 18.7 Å². The van der Waals surface area contributed by atoms with E-state index in [1.54, 1.807) is 0 Å². The van der Waals surface area contributed by atoms with Gasteiger partial charge >= 0.3 is 0 Å². The molecule has 0 bridgehead atoms. The second kappa shape index (κ2) is 6.91. The molecule has 2 N–H and O–H groups in total. The van der Waals surface area contributed by atoms with Gasteiger partial charge in [0.1, 0.15) is 0 Å². The zero-order chi connectivity index (χ0) is 13.8. The zero-order valence-electron chi connectivity index (χ0n) is 11.3. The highest BCUT2D eigenvalue weighted by Crippen LogP contribution is 2.33. The van der Waals surface area contributed by atoms with Crippen molar-refractivity contribution in [2.45, 2.75) is 13.0 Å². The van der Waals surface area contributed by atoms with Gasteiger partial charge in [0.05, 0.1) is 6.04 Å². The van der Waals surface area contributed by atoms with Gasteiger partial charge in [-0.25, -0.2) is 0 Å². The summed E-state index contributed by atoms with van der Waals surface area (Å²) in [6.45, 7) is 8.02. The van der Waals surface area contributed by atoms with Crippen LogP contribution in [0.1, 0.15) is 18.5 Å². The van der Waals surface area contributed by atoms with Crippen molar-refractivity contribution in [1.29, 1.82) is 0 Å². The molecule has 5 heteroatoms. The van der Waals surface area contributed by atoms with Crippen LogP contribution in [0.2, 0.25) is 10.0 Å². The van der Waals surface area contributed by atoms with E-state index in [2.05, 4.69) is 16.7 Å². The van der Waals surface area contributed by atoms with E-state index >= 15 is 0 Å². The van der Waals surface area contributed by atoms with Crippen LogP contribution in [0, 0.1) is 0 Å². The van der Waals surface area contributed by atoms with Crippen molar-refractivity contribution in [2.24, 2.45) is 5.73 Å². The van der Waals surface area contributed by atoms with Crippen LogP contribution in [0.15, 0.2) is 18.2 Å². The first kappa shape index (κ1) is 15.1. The van der Waals surface area contributed by atoms with Gasteiger partial charge in [0.25, 0.3) is 0 Å². The summed E-state index contributed by atoms with van der Waals surface area (Å²) in [7, 11) is 0. The molecule has 1 atom stereocenters. The molecule has 1 aromatic carbocycles. The number of nitrogens with zero attached hydrogens (tertiary/aromatic N) is 2. The molecule has 0 amide bonds.